The highest BCUT2D eigenvalue weighted by atomic mass is 79.9. The van der Waals surface area contributed by atoms with Gasteiger partial charge in [-0.05, 0) is 24.6 Å². The first-order valence-electron chi connectivity index (χ1n) is 5.85. The zero-order valence-corrected chi connectivity index (χ0v) is 12.5. The van der Waals surface area contributed by atoms with E-state index in [0.717, 1.165) is 10.9 Å². The summed E-state index contributed by atoms with van der Waals surface area (Å²) in [4.78, 5) is 14.3. The van der Waals surface area contributed by atoms with Crippen LogP contribution in [0.5, 0.6) is 0 Å². The molecular formula is C13H15BrClNO2. The third kappa shape index (κ3) is 2.87. The maximum atomic E-state index is 12.4. The van der Waals surface area contributed by atoms with Crippen LogP contribution in [0.4, 0.5) is 0 Å². The van der Waals surface area contributed by atoms with Crippen molar-refractivity contribution in [3.05, 3.63) is 34.3 Å². The molecule has 0 radical (unpaired) electrons. The van der Waals surface area contributed by atoms with Gasteiger partial charge in [0.05, 0.1) is 12.7 Å². The number of morpholine rings is 1. The average molecular weight is 333 g/mol. The Morgan fingerprint density at radius 3 is 3.11 bits per heavy atom. The fraction of sp³-hybridized carbons (Fsp3) is 0.462. The molecule has 1 heterocycles. The maximum Gasteiger partial charge on any atom is 0.254 e. The molecular weight excluding hydrogens is 318 g/mol. The molecule has 0 saturated carbocycles. The largest absolute Gasteiger partial charge is 0.374 e. The highest BCUT2D eigenvalue weighted by Gasteiger charge is 2.25. The van der Waals surface area contributed by atoms with Gasteiger partial charge in [-0.2, -0.15) is 0 Å². The molecule has 1 aliphatic rings. The zero-order valence-electron chi connectivity index (χ0n) is 10.2. The number of nitrogens with zero attached hydrogens (tertiary/aromatic N) is 1. The van der Waals surface area contributed by atoms with Crippen LogP contribution in [0.2, 0.25) is 5.02 Å². The van der Waals surface area contributed by atoms with E-state index < -0.39 is 0 Å². The van der Waals surface area contributed by atoms with Gasteiger partial charge in [0.1, 0.15) is 0 Å². The third-order valence-electron chi connectivity index (χ3n) is 3.10. The van der Waals surface area contributed by atoms with Gasteiger partial charge < -0.3 is 9.64 Å². The summed E-state index contributed by atoms with van der Waals surface area (Å²) in [7, 11) is 0. The summed E-state index contributed by atoms with van der Waals surface area (Å²) in [5.74, 6) is 0.0317. The molecule has 0 N–H and O–H groups in total. The van der Waals surface area contributed by atoms with E-state index in [-0.39, 0.29) is 12.0 Å². The van der Waals surface area contributed by atoms with Gasteiger partial charge in [0, 0.05) is 29.0 Å². The van der Waals surface area contributed by atoms with E-state index in [1.807, 2.05) is 24.0 Å². The van der Waals surface area contributed by atoms with Gasteiger partial charge in [-0.1, -0.05) is 33.6 Å². The van der Waals surface area contributed by atoms with E-state index in [1.165, 1.54) is 0 Å². The van der Waals surface area contributed by atoms with Crippen LogP contribution in [0.25, 0.3) is 0 Å². The van der Waals surface area contributed by atoms with Gasteiger partial charge in [-0.25, -0.2) is 0 Å². The van der Waals surface area contributed by atoms with E-state index in [4.69, 9.17) is 16.3 Å². The van der Waals surface area contributed by atoms with E-state index in [1.54, 1.807) is 6.07 Å². The van der Waals surface area contributed by atoms with E-state index in [2.05, 4.69) is 15.9 Å². The number of ether oxygens (including phenoxy) is 1. The molecule has 1 aromatic rings. The first-order valence-corrected chi connectivity index (χ1v) is 7.35. The van der Waals surface area contributed by atoms with E-state index in [0.29, 0.717) is 30.3 Å². The topological polar surface area (TPSA) is 29.5 Å². The number of hydrogen-bond donors (Lipinski definition) is 0. The zero-order chi connectivity index (χ0) is 13.1. The van der Waals surface area contributed by atoms with Crippen molar-refractivity contribution in [2.45, 2.75) is 13.0 Å². The molecule has 1 aromatic carbocycles. The van der Waals surface area contributed by atoms with Crippen LogP contribution < -0.4 is 0 Å². The monoisotopic (exact) mass is 331 g/mol. The van der Waals surface area contributed by atoms with Crippen molar-refractivity contribution in [3.8, 4) is 0 Å². The molecule has 0 bridgehead atoms. The average Bonchev–Trinajstić information content (AvgIpc) is 2.41. The number of carbonyl (C=O) groups excluding carboxylic acids is 1. The molecule has 2 rings (SSSR count). The third-order valence-corrected chi connectivity index (χ3v) is 4.23. The smallest absolute Gasteiger partial charge is 0.254 e. The number of carbonyl (C=O) groups is 1. The van der Waals surface area contributed by atoms with Crippen molar-refractivity contribution < 1.29 is 9.53 Å². The van der Waals surface area contributed by atoms with Gasteiger partial charge in [0.25, 0.3) is 5.91 Å². The Bertz CT molecular complexity index is 453. The molecule has 0 aliphatic carbocycles. The minimum absolute atomic E-state index is 0.0317. The van der Waals surface area contributed by atoms with Gasteiger partial charge in [-0.3, -0.25) is 4.79 Å². The number of hydrogen-bond acceptors (Lipinski definition) is 2. The predicted molar refractivity (Wildman–Crippen MR) is 75.6 cm³/mol. The fourth-order valence-corrected chi connectivity index (χ4v) is 2.57. The maximum absolute atomic E-state index is 12.4. The van der Waals surface area contributed by atoms with Crippen LogP contribution in [0.1, 0.15) is 15.9 Å². The van der Waals surface area contributed by atoms with Crippen molar-refractivity contribution >= 4 is 33.4 Å². The lowest BCUT2D eigenvalue weighted by Gasteiger charge is -2.32. The van der Waals surface area contributed by atoms with Crippen molar-refractivity contribution in [3.63, 3.8) is 0 Å². The van der Waals surface area contributed by atoms with Crippen LogP contribution in [0.3, 0.4) is 0 Å². The first-order chi connectivity index (χ1) is 8.63. The Hall–Kier alpha value is -0.580. The summed E-state index contributed by atoms with van der Waals surface area (Å²) < 4.78 is 5.53. The minimum atomic E-state index is 0.0317. The standard InChI is InChI=1S/C13H15BrClNO2/c1-9-11(3-2-4-12(9)15)13(17)16-5-6-18-10(7-14)8-16/h2-4,10H,5-8H2,1H3. The molecule has 1 unspecified atom stereocenters. The highest BCUT2D eigenvalue weighted by molar-refractivity contribution is 9.09. The summed E-state index contributed by atoms with van der Waals surface area (Å²) in [5, 5.41) is 1.37. The van der Waals surface area contributed by atoms with E-state index >= 15 is 0 Å². The quantitative estimate of drug-likeness (QED) is 0.779. The summed E-state index contributed by atoms with van der Waals surface area (Å²) in [6, 6.07) is 5.43. The lowest BCUT2D eigenvalue weighted by atomic mass is 10.1. The predicted octanol–water partition coefficient (Wildman–Crippen LogP) is 2.88. The molecule has 3 nitrogen and oxygen atoms in total. The van der Waals surface area contributed by atoms with Crippen LogP contribution >= 0.6 is 27.5 Å². The molecule has 98 valence electrons. The number of alkyl halides is 1. The molecule has 0 spiro atoms. The second-order valence-corrected chi connectivity index (χ2v) is 5.37. The lowest BCUT2D eigenvalue weighted by Crippen LogP contribution is -2.46. The lowest BCUT2D eigenvalue weighted by molar-refractivity contribution is -0.00967. The second kappa shape index (κ2) is 6.04. The number of rotatable bonds is 2. The van der Waals surface area contributed by atoms with Gasteiger partial charge >= 0.3 is 0 Å². The van der Waals surface area contributed by atoms with Crippen molar-refractivity contribution in [1.29, 1.82) is 0 Å². The molecule has 1 atom stereocenters. The second-order valence-electron chi connectivity index (χ2n) is 4.31. The van der Waals surface area contributed by atoms with E-state index in [9.17, 15) is 4.79 Å². The molecule has 1 saturated heterocycles. The molecule has 1 aliphatic heterocycles. The van der Waals surface area contributed by atoms with Gasteiger partial charge in [0.2, 0.25) is 0 Å². The Labute approximate surface area is 120 Å². The molecule has 18 heavy (non-hydrogen) atoms. The number of amides is 1. The van der Waals surface area contributed by atoms with Crippen LogP contribution in [0.15, 0.2) is 18.2 Å². The Morgan fingerprint density at radius 1 is 1.61 bits per heavy atom. The molecule has 1 fully saturated rings. The first kappa shape index (κ1) is 13.8. The summed E-state index contributed by atoms with van der Waals surface area (Å²) in [6.07, 6.45) is 0.0715. The Kier molecular flexibility index (Phi) is 4.65. The van der Waals surface area contributed by atoms with Crippen LogP contribution in [-0.4, -0.2) is 41.9 Å². The van der Waals surface area contributed by atoms with Crippen molar-refractivity contribution in [2.24, 2.45) is 0 Å². The van der Waals surface area contributed by atoms with Crippen LogP contribution in [0, 0.1) is 6.92 Å². The highest BCUT2D eigenvalue weighted by Crippen LogP contribution is 2.21. The summed E-state index contributed by atoms with van der Waals surface area (Å²) in [5.41, 5.74) is 1.52. The molecule has 1 amide bonds. The van der Waals surface area contributed by atoms with Crippen LogP contribution in [-0.2, 0) is 4.74 Å². The Morgan fingerprint density at radius 2 is 2.39 bits per heavy atom. The van der Waals surface area contributed by atoms with Gasteiger partial charge in [-0.15, -0.1) is 0 Å². The van der Waals surface area contributed by atoms with Gasteiger partial charge in [0.15, 0.2) is 0 Å². The minimum Gasteiger partial charge on any atom is -0.374 e. The van der Waals surface area contributed by atoms with Crippen molar-refractivity contribution in [1.82, 2.24) is 4.90 Å². The number of halogens is 2. The molecule has 5 heteroatoms. The normalized spacial score (nSPS) is 19.9. The van der Waals surface area contributed by atoms with Crippen molar-refractivity contribution in [2.75, 3.05) is 25.0 Å². The Balaban J connectivity index is 2.18. The number of benzene rings is 1. The fourth-order valence-electron chi connectivity index (χ4n) is 2.01. The summed E-state index contributed by atoms with van der Waals surface area (Å²) in [6.45, 7) is 3.71. The SMILES string of the molecule is Cc1c(Cl)cccc1C(=O)N1CCOC(CBr)C1. The molecule has 0 aromatic heterocycles. The summed E-state index contributed by atoms with van der Waals surface area (Å²) >= 11 is 9.44.